The van der Waals surface area contributed by atoms with Gasteiger partial charge in [0.2, 0.25) is 17.7 Å². The van der Waals surface area contributed by atoms with E-state index in [0.717, 1.165) is 19.3 Å². The van der Waals surface area contributed by atoms with Crippen LogP contribution in [-0.4, -0.2) is 206 Å². The molecule has 3 aromatic carbocycles. The Morgan fingerprint density at radius 2 is 0.750 bits per heavy atom. The monoisotopic (exact) mass is 1560 g/mol. The first-order valence-electron chi connectivity index (χ1n) is 38.2. The Bertz CT molecular complexity index is 4160. The Labute approximate surface area is 658 Å². The second-order valence-electron chi connectivity index (χ2n) is 30.0. The van der Waals surface area contributed by atoms with Crippen molar-refractivity contribution in [2.45, 2.75) is 179 Å². The smallest absolute Gasteiger partial charge is 0.325 e. The van der Waals surface area contributed by atoms with Gasteiger partial charge in [-0.15, -0.1) is 0 Å². The highest BCUT2D eigenvalue weighted by Crippen LogP contribution is 2.44. The Kier molecular flexibility index (Phi) is 33.9. The number of hydrogen-bond donors (Lipinski definition) is 3. The lowest BCUT2D eigenvalue weighted by Gasteiger charge is -2.25. The van der Waals surface area contributed by atoms with Gasteiger partial charge in [-0.05, 0) is 127 Å². The van der Waals surface area contributed by atoms with Crippen LogP contribution in [0.5, 0.6) is 34.5 Å². The van der Waals surface area contributed by atoms with Crippen molar-refractivity contribution < 1.29 is 85.8 Å². The molecule has 0 spiro atoms. The van der Waals surface area contributed by atoms with Gasteiger partial charge in [-0.3, -0.25) is 57.2 Å². The number of carbonyl (C=O) groups is 9. The zero-order valence-electron chi connectivity index (χ0n) is 69.6. The molecule has 0 fully saturated rings. The van der Waals surface area contributed by atoms with Crippen molar-refractivity contribution in [2.75, 3.05) is 90.5 Å². The van der Waals surface area contributed by atoms with Gasteiger partial charge in [0.15, 0.2) is 17.1 Å². The SMILES string of the molecule is CCC(C)Cn1nc(C(=O)NC(CC(C)C)C(=O)N(C)CC(=O)OCc2cc(OC)c(-c3cc(C(=O)N[C@@H](CC(C)C)C(=O)N(C)CC(=O)OC)nn3C(C)C(C)C)c(OC)c2)cc1-c1c(OC)cc(COC(=O)CN(C)C(=O)C(CC(C)C)NC(=O)c2cc(-c3c(OC)cccc3OC)n(CC(CC)CC)n2)cc1OC. The van der Waals surface area contributed by atoms with Crippen LogP contribution in [0, 0.1) is 35.5 Å². The van der Waals surface area contributed by atoms with Gasteiger partial charge in [-0.2, -0.15) is 15.3 Å². The molecule has 30 heteroatoms. The molecular weight excluding hydrogens is 1440 g/mol. The Morgan fingerprint density at radius 3 is 1.08 bits per heavy atom. The maximum Gasteiger partial charge on any atom is 0.325 e. The minimum atomic E-state index is -1.11. The third-order valence-corrected chi connectivity index (χ3v) is 19.6. The highest BCUT2D eigenvalue weighted by Gasteiger charge is 2.35. The van der Waals surface area contributed by atoms with Crippen LogP contribution in [0.2, 0.25) is 0 Å². The van der Waals surface area contributed by atoms with E-state index in [2.05, 4.69) is 29.8 Å². The van der Waals surface area contributed by atoms with Crippen molar-refractivity contribution in [3.63, 3.8) is 0 Å². The minimum Gasteiger partial charge on any atom is -0.496 e. The lowest BCUT2D eigenvalue weighted by Crippen LogP contribution is -2.49. The fraction of sp³-hybridized carbons (Fsp3) is 0.561. The first-order valence-corrected chi connectivity index (χ1v) is 38.2. The van der Waals surface area contributed by atoms with Crippen LogP contribution in [0.4, 0.5) is 0 Å². The van der Waals surface area contributed by atoms with E-state index in [9.17, 15) is 43.2 Å². The topological polar surface area (TPSA) is 336 Å². The van der Waals surface area contributed by atoms with Crippen LogP contribution in [0.25, 0.3) is 33.8 Å². The number of hydrogen-bond acceptors (Lipinski definition) is 21. The fourth-order valence-electron chi connectivity index (χ4n) is 12.8. The molecular formula is C82H118N12O18. The van der Waals surface area contributed by atoms with E-state index in [0.29, 0.717) is 81.0 Å². The predicted octanol–water partition coefficient (Wildman–Crippen LogP) is 10.5. The fourth-order valence-corrected chi connectivity index (χ4v) is 12.8. The molecule has 6 amide bonds. The maximum atomic E-state index is 14.6. The van der Waals surface area contributed by atoms with Gasteiger partial charge in [0.05, 0.1) is 89.6 Å². The number of ether oxygens (including phenoxy) is 9. The normalized spacial score (nSPS) is 12.7. The number of likely N-dealkylation sites (N-methyl/N-ethyl adjacent to an activating group) is 3. The average molecular weight is 1560 g/mol. The summed E-state index contributed by atoms with van der Waals surface area (Å²) in [5, 5.41) is 23.0. The van der Waals surface area contributed by atoms with Crippen molar-refractivity contribution in [3.05, 3.63) is 88.9 Å². The predicted molar refractivity (Wildman–Crippen MR) is 422 cm³/mol. The molecule has 6 aromatic rings. The molecule has 614 valence electrons. The van der Waals surface area contributed by atoms with Gasteiger partial charge < -0.3 is 73.3 Å². The van der Waals surface area contributed by atoms with E-state index < -0.39 is 84.6 Å². The molecule has 4 unspecified atom stereocenters. The molecule has 0 bridgehead atoms. The Hall–Kier alpha value is -10.7. The molecule has 3 N–H and O–H groups in total. The number of rotatable bonds is 43. The highest BCUT2D eigenvalue weighted by atomic mass is 16.5. The van der Waals surface area contributed by atoms with Crippen molar-refractivity contribution in [1.82, 2.24) is 60.0 Å². The van der Waals surface area contributed by atoms with Crippen LogP contribution in [-0.2, 0) is 69.3 Å². The molecule has 0 saturated carbocycles. The molecule has 30 nitrogen and oxygen atoms in total. The number of carbonyl (C=O) groups excluding carboxylic acids is 9. The Morgan fingerprint density at radius 1 is 0.420 bits per heavy atom. The number of methoxy groups -OCH3 is 7. The molecule has 3 heterocycles. The zero-order chi connectivity index (χ0) is 83.1. The highest BCUT2D eigenvalue weighted by molar-refractivity contribution is 6.00. The molecule has 0 saturated heterocycles. The molecule has 6 rings (SSSR count). The van der Waals surface area contributed by atoms with Crippen LogP contribution in [0.15, 0.2) is 60.7 Å². The van der Waals surface area contributed by atoms with Crippen molar-refractivity contribution in [3.8, 4) is 68.3 Å². The van der Waals surface area contributed by atoms with Gasteiger partial charge in [0.1, 0.15) is 85.5 Å². The Balaban J connectivity index is 1.16. The number of nitrogens with one attached hydrogen (secondary N) is 3. The van der Waals surface area contributed by atoms with E-state index in [1.807, 2.05) is 94.4 Å². The van der Waals surface area contributed by atoms with Gasteiger partial charge in [-0.1, -0.05) is 108 Å². The second-order valence-corrected chi connectivity index (χ2v) is 30.0. The van der Waals surface area contributed by atoms with Crippen LogP contribution >= 0.6 is 0 Å². The largest absolute Gasteiger partial charge is 0.496 e. The van der Waals surface area contributed by atoms with Crippen LogP contribution in [0.1, 0.15) is 177 Å². The second kappa shape index (κ2) is 42.1. The van der Waals surface area contributed by atoms with E-state index in [1.54, 1.807) is 70.7 Å². The zero-order valence-corrected chi connectivity index (χ0v) is 69.6. The van der Waals surface area contributed by atoms with E-state index in [1.165, 1.54) is 71.4 Å². The third kappa shape index (κ3) is 23.7. The summed E-state index contributed by atoms with van der Waals surface area (Å²) in [6.45, 7) is 24.8. The lowest BCUT2D eigenvalue weighted by molar-refractivity contribution is -0.150. The van der Waals surface area contributed by atoms with Gasteiger partial charge in [0.25, 0.3) is 17.7 Å². The first-order chi connectivity index (χ1) is 53.1. The summed E-state index contributed by atoms with van der Waals surface area (Å²) in [7, 11) is 14.5. The summed E-state index contributed by atoms with van der Waals surface area (Å²) < 4.78 is 56.8. The van der Waals surface area contributed by atoms with Gasteiger partial charge >= 0.3 is 17.9 Å². The summed E-state index contributed by atoms with van der Waals surface area (Å²) >= 11 is 0. The lowest BCUT2D eigenvalue weighted by atomic mass is 10.0. The standard InChI is InChI=1S/C82H118N12O18/c1-24-51(12)40-92-63(75-67(106-19)33-54(34-68(75)107-20)45-111-72(96)43-91(16)82(103)61(32-49(8)9)84-78(99)57-37-62(93(87-57)41-53(25-2)26-3)74-65(104-17)28-27-29-66(74)105-18)38-56(86-92)77(98)83-60(31-48(6)7)81(102)90(15)44-73(97)112-46-55-35-69(108-21)76(70(36-55)109-22)64-39-58(88-94(64)52(13)50(10)11)79(100)85-59(30-47(4)5)80(101)89(14)42-71(95)110-23/h27-29,33-39,47-53,59-61H,24-26,30-32,40-46H2,1-23H3,(H,83,98)(H,84,99)(H,85,100)/t51?,52?,59-,60?,61?/m0/s1. The van der Waals surface area contributed by atoms with E-state index >= 15 is 0 Å². The summed E-state index contributed by atoms with van der Waals surface area (Å²) in [5.74, 6) is -3.07. The molecule has 112 heavy (non-hydrogen) atoms. The molecule has 5 atom stereocenters. The number of aromatic nitrogens is 6. The van der Waals surface area contributed by atoms with E-state index in [-0.39, 0.29) is 109 Å². The first kappa shape index (κ1) is 90.2. The molecule has 3 aromatic heterocycles. The molecule has 0 aliphatic carbocycles. The van der Waals surface area contributed by atoms with E-state index in [4.69, 9.17) is 57.9 Å². The van der Waals surface area contributed by atoms with Crippen molar-refractivity contribution in [1.29, 1.82) is 0 Å². The molecule has 0 aliphatic heterocycles. The van der Waals surface area contributed by atoms with Crippen LogP contribution < -0.4 is 44.4 Å². The van der Waals surface area contributed by atoms with Gasteiger partial charge in [-0.25, -0.2) is 0 Å². The summed E-state index contributed by atoms with van der Waals surface area (Å²) in [6.07, 6.45) is 3.26. The molecule has 0 aliphatic rings. The molecule has 0 radical (unpaired) electrons. The average Bonchev–Trinajstić information content (AvgIpc) is 1.59. The van der Waals surface area contributed by atoms with Gasteiger partial charge in [0, 0.05) is 34.2 Å². The number of esters is 3. The summed E-state index contributed by atoms with van der Waals surface area (Å²) in [4.78, 5) is 128. The number of amides is 6. The van der Waals surface area contributed by atoms with Crippen molar-refractivity contribution >= 4 is 53.4 Å². The van der Waals surface area contributed by atoms with Crippen LogP contribution in [0.3, 0.4) is 0 Å². The summed E-state index contributed by atoms with van der Waals surface area (Å²) in [5.41, 5.74) is 4.01. The number of nitrogens with zero attached hydrogens (tertiary/aromatic N) is 9. The van der Waals surface area contributed by atoms with Crippen molar-refractivity contribution in [2.24, 2.45) is 35.5 Å². The number of benzene rings is 3. The summed E-state index contributed by atoms with van der Waals surface area (Å²) in [6, 6.07) is 13.5. The third-order valence-electron chi connectivity index (χ3n) is 19.6. The minimum absolute atomic E-state index is 0.00481. The quantitative estimate of drug-likeness (QED) is 0.0236. The maximum absolute atomic E-state index is 14.6.